The lowest BCUT2D eigenvalue weighted by molar-refractivity contribution is -0.134. The van der Waals surface area contributed by atoms with Gasteiger partial charge in [-0.1, -0.05) is 0 Å². The van der Waals surface area contributed by atoms with Gasteiger partial charge in [0.2, 0.25) is 5.91 Å². The van der Waals surface area contributed by atoms with Crippen molar-refractivity contribution in [3.05, 3.63) is 28.3 Å². The fourth-order valence-corrected chi connectivity index (χ4v) is 1.21. The summed E-state index contributed by atoms with van der Waals surface area (Å²) in [5.41, 5.74) is -0.232. The summed E-state index contributed by atoms with van der Waals surface area (Å²) >= 11 is 3.08. The minimum absolute atomic E-state index is 0.232. The quantitative estimate of drug-likeness (QED) is 0.820. The monoisotopic (exact) mass is 273 g/mol. The second-order valence-corrected chi connectivity index (χ2v) is 3.47. The Bertz CT molecular complexity index is 422. The molecule has 0 aliphatic carbocycles. The highest BCUT2D eigenvalue weighted by atomic mass is 79.9. The van der Waals surface area contributed by atoms with Gasteiger partial charge < -0.3 is 14.8 Å². The Balaban J connectivity index is 2.93. The third-order valence-electron chi connectivity index (χ3n) is 1.42. The third-order valence-corrected chi connectivity index (χ3v) is 1.85. The van der Waals surface area contributed by atoms with Gasteiger partial charge in [-0.2, -0.15) is 0 Å². The summed E-state index contributed by atoms with van der Waals surface area (Å²) in [6.07, 6.45) is 1.23. The number of nitrogens with one attached hydrogen (secondary N) is 1. The molecule has 1 heterocycles. The molecule has 0 saturated heterocycles. The van der Waals surface area contributed by atoms with Crippen molar-refractivity contribution in [2.75, 3.05) is 0 Å². The Kier molecular flexibility index (Phi) is 3.68. The zero-order valence-corrected chi connectivity index (χ0v) is 9.37. The van der Waals surface area contributed by atoms with Crippen LogP contribution in [0.4, 0.5) is 0 Å². The molecule has 1 rings (SSSR count). The molecule has 5 nitrogen and oxygen atoms in total. The van der Waals surface area contributed by atoms with Gasteiger partial charge in [0.05, 0.1) is 0 Å². The van der Waals surface area contributed by atoms with Gasteiger partial charge in [0.15, 0.2) is 4.67 Å². The molecule has 0 aromatic carbocycles. The van der Waals surface area contributed by atoms with Crippen molar-refractivity contribution in [3.8, 4) is 0 Å². The summed E-state index contributed by atoms with van der Waals surface area (Å²) in [5, 5.41) is 10.9. The summed E-state index contributed by atoms with van der Waals surface area (Å²) in [5.74, 6) is -1.33. The maximum absolute atomic E-state index is 10.7. The first-order chi connectivity index (χ1) is 6.99. The number of carboxylic acids is 1. The topological polar surface area (TPSA) is 79.5 Å². The summed E-state index contributed by atoms with van der Waals surface area (Å²) in [7, 11) is 0. The molecule has 2 N–H and O–H groups in total. The molecule has 0 fully saturated rings. The molecule has 1 amide bonds. The van der Waals surface area contributed by atoms with Crippen molar-refractivity contribution in [2.45, 2.75) is 6.92 Å². The number of halogens is 1. The van der Waals surface area contributed by atoms with Gasteiger partial charge in [0.1, 0.15) is 11.5 Å². The Morgan fingerprint density at radius 3 is 2.60 bits per heavy atom. The van der Waals surface area contributed by atoms with E-state index in [0.29, 0.717) is 10.4 Å². The van der Waals surface area contributed by atoms with Crippen LogP contribution in [0, 0.1) is 0 Å². The molecule has 0 unspecified atom stereocenters. The predicted molar refractivity (Wildman–Crippen MR) is 55.8 cm³/mol. The van der Waals surface area contributed by atoms with Crippen LogP contribution in [-0.4, -0.2) is 17.0 Å². The van der Waals surface area contributed by atoms with E-state index in [-0.39, 0.29) is 5.70 Å². The molecule has 0 saturated carbocycles. The zero-order valence-electron chi connectivity index (χ0n) is 7.78. The third kappa shape index (κ3) is 3.59. The number of amides is 1. The molecule has 0 atom stereocenters. The molecule has 1 aromatic rings. The lowest BCUT2D eigenvalue weighted by atomic mass is 10.3. The van der Waals surface area contributed by atoms with E-state index in [2.05, 4.69) is 21.2 Å². The van der Waals surface area contributed by atoms with Crippen LogP contribution in [0.1, 0.15) is 12.7 Å². The molecule has 6 heteroatoms. The number of rotatable bonds is 3. The van der Waals surface area contributed by atoms with Gasteiger partial charge in [-0.25, -0.2) is 4.79 Å². The van der Waals surface area contributed by atoms with E-state index in [4.69, 9.17) is 9.52 Å². The van der Waals surface area contributed by atoms with Gasteiger partial charge in [0, 0.05) is 13.0 Å². The van der Waals surface area contributed by atoms with Gasteiger partial charge in [-0.15, -0.1) is 0 Å². The summed E-state index contributed by atoms with van der Waals surface area (Å²) < 4.78 is 5.56. The Labute approximate surface area is 93.9 Å². The van der Waals surface area contributed by atoms with E-state index in [1.54, 1.807) is 12.1 Å². The number of aliphatic carboxylic acids is 1. The van der Waals surface area contributed by atoms with Crippen LogP contribution in [0.15, 0.2) is 26.9 Å². The molecule has 15 heavy (non-hydrogen) atoms. The lowest BCUT2D eigenvalue weighted by Gasteiger charge is -2.00. The maximum Gasteiger partial charge on any atom is 0.352 e. The van der Waals surface area contributed by atoms with Gasteiger partial charge >= 0.3 is 5.97 Å². The molecule has 0 aliphatic heterocycles. The first-order valence-corrected chi connectivity index (χ1v) is 4.76. The van der Waals surface area contributed by atoms with Crippen LogP contribution in [0.25, 0.3) is 6.08 Å². The normalized spacial score (nSPS) is 11.2. The van der Waals surface area contributed by atoms with E-state index in [9.17, 15) is 9.59 Å². The van der Waals surface area contributed by atoms with Gasteiger partial charge in [0.25, 0.3) is 0 Å². The lowest BCUT2D eigenvalue weighted by Crippen LogP contribution is -2.24. The number of carboxylic acid groups (broad SMARTS) is 1. The Morgan fingerprint density at radius 2 is 2.20 bits per heavy atom. The smallest absolute Gasteiger partial charge is 0.352 e. The fraction of sp³-hybridized carbons (Fsp3) is 0.111. The average Bonchev–Trinajstić information content (AvgIpc) is 2.49. The number of carbonyl (C=O) groups excluding carboxylic acids is 1. The van der Waals surface area contributed by atoms with Crippen LogP contribution in [0.3, 0.4) is 0 Å². The van der Waals surface area contributed by atoms with Crippen molar-refractivity contribution in [1.82, 2.24) is 5.32 Å². The Hall–Kier alpha value is -1.56. The van der Waals surface area contributed by atoms with Crippen molar-refractivity contribution in [1.29, 1.82) is 0 Å². The standard InChI is InChI=1S/C9H8BrNO4/c1-5(12)11-7(9(13)14)4-6-2-3-8(10)15-6/h2-4H,1H3,(H,11,12)(H,13,14). The number of hydrogen-bond donors (Lipinski definition) is 2. The maximum atomic E-state index is 10.7. The van der Waals surface area contributed by atoms with Gasteiger partial charge in [-0.3, -0.25) is 4.79 Å². The molecule has 80 valence electrons. The average molecular weight is 274 g/mol. The number of furan rings is 1. The van der Waals surface area contributed by atoms with Crippen molar-refractivity contribution in [2.24, 2.45) is 0 Å². The molecule has 0 radical (unpaired) electrons. The van der Waals surface area contributed by atoms with E-state index >= 15 is 0 Å². The van der Waals surface area contributed by atoms with E-state index < -0.39 is 11.9 Å². The predicted octanol–water partition coefficient (Wildman–Crippen LogP) is 1.60. The van der Waals surface area contributed by atoms with E-state index in [0.717, 1.165) is 0 Å². The molecule has 1 aromatic heterocycles. The summed E-state index contributed by atoms with van der Waals surface area (Å²) in [4.78, 5) is 21.4. The van der Waals surface area contributed by atoms with Crippen molar-refractivity contribution < 1.29 is 19.1 Å². The molecule has 0 bridgehead atoms. The van der Waals surface area contributed by atoms with Crippen LogP contribution in [0.5, 0.6) is 0 Å². The molecular weight excluding hydrogens is 266 g/mol. The fourth-order valence-electron chi connectivity index (χ4n) is 0.889. The van der Waals surface area contributed by atoms with Crippen LogP contribution in [0.2, 0.25) is 0 Å². The minimum atomic E-state index is -1.22. The second-order valence-electron chi connectivity index (χ2n) is 2.69. The zero-order chi connectivity index (χ0) is 11.4. The Morgan fingerprint density at radius 1 is 1.53 bits per heavy atom. The number of hydrogen-bond acceptors (Lipinski definition) is 3. The van der Waals surface area contributed by atoms with Crippen LogP contribution < -0.4 is 5.32 Å². The highest BCUT2D eigenvalue weighted by molar-refractivity contribution is 9.10. The van der Waals surface area contributed by atoms with Crippen LogP contribution >= 0.6 is 15.9 Å². The van der Waals surface area contributed by atoms with Crippen LogP contribution in [-0.2, 0) is 9.59 Å². The molecule has 0 aliphatic rings. The first kappa shape index (κ1) is 11.5. The molecular formula is C9H8BrNO4. The van der Waals surface area contributed by atoms with E-state index in [1.807, 2.05) is 0 Å². The highest BCUT2D eigenvalue weighted by Crippen LogP contribution is 2.16. The SMILES string of the molecule is CC(=O)NC(=Cc1ccc(Br)o1)C(=O)O. The van der Waals surface area contributed by atoms with Crippen molar-refractivity contribution in [3.63, 3.8) is 0 Å². The largest absolute Gasteiger partial charge is 0.477 e. The summed E-state index contributed by atoms with van der Waals surface area (Å²) in [6, 6.07) is 3.20. The van der Waals surface area contributed by atoms with E-state index in [1.165, 1.54) is 13.0 Å². The summed E-state index contributed by atoms with van der Waals surface area (Å²) in [6.45, 7) is 1.23. The first-order valence-electron chi connectivity index (χ1n) is 3.97. The molecule has 0 spiro atoms. The second kappa shape index (κ2) is 4.79. The minimum Gasteiger partial charge on any atom is -0.477 e. The highest BCUT2D eigenvalue weighted by Gasteiger charge is 2.09. The number of carbonyl (C=O) groups is 2. The van der Waals surface area contributed by atoms with Gasteiger partial charge in [-0.05, 0) is 28.1 Å². The van der Waals surface area contributed by atoms with Crippen molar-refractivity contribution >= 4 is 33.9 Å².